The molecule has 1 saturated heterocycles. The first-order valence-electron chi connectivity index (χ1n) is 9.21. The van der Waals surface area contributed by atoms with Crippen LogP contribution in [0.3, 0.4) is 0 Å². The lowest BCUT2D eigenvalue weighted by atomic mass is 10.0. The minimum atomic E-state index is -0.311. The fourth-order valence-electron chi connectivity index (χ4n) is 3.34. The average Bonchev–Trinajstić information content (AvgIpc) is 3.17. The number of hydrogen-bond donors (Lipinski definition) is 4. The SMILES string of the molecule is Cc1cc(NC(=O)Cc2cc(C(=N)N)ccc2O)ccc1C(=O)N1CCCC1.Cl. The van der Waals surface area contributed by atoms with Crippen LogP contribution in [0.5, 0.6) is 5.75 Å². The number of carbonyl (C=O) groups excluding carboxylic acids is 2. The second-order valence-corrected chi connectivity index (χ2v) is 7.01. The topological polar surface area (TPSA) is 120 Å². The first-order chi connectivity index (χ1) is 13.3. The molecular formula is C21H25ClN4O3. The number of nitrogen functional groups attached to an aromatic ring is 1. The zero-order chi connectivity index (χ0) is 20.3. The average molecular weight is 417 g/mol. The third-order valence-electron chi connectivity index (χ3n) is 4.88. The Morgan fingerprint density at radius 3 is 2.48 bits per heavy atom. The second-order valence-electron chi connectivity index (χ2n) is 7.01. The largest absolute Gasteiger partial charge is 0.508 e. The van der Waals surface area contributed by atoms with Crippen molar-refractivity contribution >= 4 is 35.7 Å². The first-order valence-corrected chi connectivity index (χ1v) is 9.21. The Labute approximate surface area is 175 Å². The Hall–Kier alpha value is -3.06. The molecule has 2 aromatic carbocycles. The van der Waals surface area contributed by atoms with E-state index in [1.54, 1.807) is 18.2 Å². The molecule has 1 aliphatic rings. The Morgan fingerprint density at radius 1 is 1.17 bits per heavy atom. The third-order valence-corrected chi connectivity index (χ3v) is 4.88. The quantitative estimate of drug-likeness (QED) is 0.442. The number of rotatable bonds is 5. The summed E-state index contributed by atoms with van der Waals surface area (Å²) in [5.74, 6) is -0.439. The molecule has 0 aromatic heterocycles. The fourth-order valence-corrected chi connectivity index (χ4v) is 3.34. The monoisotopic (exact) mass is 416 g/mol. The molecule has 8 heteroatoms. The van der Waals surface area contributed by atoms with Gasteiger partial charge in [-0.3, -0.25) is 15.0 Å². The zero-order valence-electron chi connectivity index (χ0n) is 16.2. The number of likely N-dealkylation sites (tertiary alicyclic amines) is 1. The summed E-state index contributed by atoms with van der Waals surface area (Å²) in [5, 5.41) is 20.2. The van der Waals surface area contributed by atoms with Crippen molar-refractivity contribution < 1.29 is 14.7 Å². The molecule has 0 saturated carbocycles. The lowest BCUT2D eigenvalue weighted by molar-refractivity contribution is -0.115. The highest BCUT2D eigenvalue weighted by molar-refractivity contribution is 5.98. The number of aromatic hydroxyl groups is 1. The number of nitrogens with one attached hydrogen (secondary N) is 2. The Morgan fingerprint density at radius 2 is 1.86 bits per heavy atom. The molecule has 29 heavy (non-hydrogen) atoms. The predicted octanol–water partition coefficient (Wildman–Crippen LogP) is 2.82. The summed E-state index contributed by atoms with van der Waals surface area (Å²) in [4.78, 5) is 26.8. The van der Waals surface area contributed by atoms with Gasteiger partial charge in [-0.1, -0.05) is 0 Å². The standard InChI is InChI=1S/C21H24N4O3.ClH/c1-13-10-16(5-6-17(13)21(28)25-8-2-3-9-25)24-19(27)12-15-11-14(20(22)23)4-7-18(15)26;/h4-7,10-11,26H,2-3,8-9,12H2,1H3,(H3,22,23)(H,24,27);1H. The summed E-state index contributed by atoms with van der Waals surface area (Å²) in [7, 11) is 0. The number of phenolic OH excluding ortho intramolecular Hbond substituents is 1. The van der Waals surface area contributed by atoms with E-state index in [1.807, 2.05) is 11.8 Å². The van der Waals surface area contributed by atoms with E-state index < -0.39 is 0 Å². The summed E-state index contributed by atoms with van der Waals surface area (Å²) in [6, 6.07) is 9.69. The molecule has 0 atom stereocenters. The highest BCUT2D eigenvalue weighted by Crippen LogP contribution is 2.22. The Kier molecular flexibility index (Phi) is 7.23. The van der Waals surface area contributed by atoms with Gasteiger partial charge in [0.15, 0.2) is 0 Å². The zero-order valence-corrected chi connectivity index (χ0v) is 17.0. The third kappa shape index (κ3) is 5.26. The van der Waals surface area contributed by atoms with Crippen LogP contribution in [0, 0.1) is 12.3 Å². The minimum absolute atomic E-state index is 0. The van der Waals surface area contributed by atoms with Crippen LogP contribution in [0.1, 0.15) is 39.9 Å². The van der Waals surface area contributed by atoms with Gasteiger partial charge in [0.2, 0.25) is 5.91 Å². The number of nitrogens with zero attached hydrogens (tertiary/aromatic N) is 1. The van der Waals surface area contributed by atoms with E-state index in [9.17, 15) is 14.7 Å². The van der Waals surface area contributed by atoms with E-state index in [2.05, 4.69) is 5.32 Å². The number of hydrogen-bond acceptors (Lipinski definition) is 4. The van der Waals surface area contributed by atoms with Crippen molar-refractivity contribution in [3.63, 3.8) is 0 Å². The van der Waals surface area contributed by atoms with Crippen molar-refractivity contribution in [1.29, 1.82) is 5.41 Å². The van der Waals surface area contributed by atoms with Crippen molar-refractivity contribution in [2.45, 2.75) is 26.2 Å². The van der Waals surface area contributed by atoms with E-state index in [-0.39, 0.29) is 42.2 Å². The van der Waals surface area contributed by atoms with Gasteiger partial charge in [-0.05, 0) is 61.7 Å². The molecule has 2 amide bonds. The molecule has 2 aromatic rings. The van der Waals surface area contributed by atoms with Crippen LogP contribution in [0.15, 0.2) is 36.4 Å². The molecule has 0 radical (unpaired) electrons. The van der Waals surface area contributed by atoms with Gasteiger partial charge in [0.05, 0.1) is 6.42 Å². The maximum atomic E-state index is 12.6. The molecule has 7 nitrogen and oxygen atoms in total. The summed E-state index contributed by atoms with van der Waals surface area (Å²) in [6.45, 7) is 3.43. The van der Waals surface area contributed by atoms with Crippen LogP contribution in [-0.2, 0) is 11.2 Å². The van der Waals surface area contributed by atoms with Crippen molar-refractivity contribution in [2.75, 3.05) is 18.4 Å². The molecule has 3 rings (SSSR count). The molecule has 1 fully saturated rings. The Balaban J connectivity index is 0.00000300. The van der Waals surface area contributed by atoms with Gasteiger partial charge in [-0.25, -0.2) is 0 Å². The summed E-state index contributed by atoms with van der Waals surface area (Å²) in [5.41, 5.74) is 8.33. The molecule has 0 aliphatic carbocycles. The smallest absolute Gasteiger partial charge is 0.254 e. The number of carbonyl (C=O) groups is 2. The molecule has 0 spiro atoms. The normalized spacial score (nSPS) is 12.9. The van der Waals surface area contributed by atoms with Gasteiger partial charge in [-0.2, -0.15) is 0 Å². The molecule has 5 N–H and O–H groups in total. The number of phenols is 1. The van der Waals surface area contributed by atoms with Crippen LogP contribution in [0.4, 0.5) is 5.69 Å². The van der Waals surface area contributed by atoms with Crippen molar-refractivity contribution in [1.82, 2.24) is 4.90 Å². The number of amides is 2. The van der Waals surface area contributed by atoms with Gasteiger partial charge in [0.25, 0.3) is 5.91 Å². The fraction of sp³-hybridized carbons (Fsp3) is 0.286. The van der Waals surface area contributed by atoms with Gasteiger partial charge >= 0.3 is 0 Å². The number of halogens is 1. The molecule has 0 bridgehead atoms. The number of benzene rings is 2. The summed E-state index contributed by atoms with van der Waals surface area (Å²) >= 11 is 0. The maximum Gasteiger partial charge on any atom is 0.254 e. The highest BCUT2D eigenvalue weighted by Gasteiger charge is 2.21. The Bertz CT molecular complexity index is 940. The lowest BCUT2D eigenvalue weighted by Crippen LogP contribution is -2.28. The predicted molar refractivity (Wildman–Crippen MR) is 115 cm³/mol. The lowest BCUT2D eigenvalue weighted by Gasteiger charge is -2.17. The number of aryl methyl sites for hydroxylation is 1. The van der Waals surface area contributed by atoms with Gasteiger partial charge in [-0.15, -0.1) is 12.4 Å². The van der Waals surface area contributed by atoms with Crippen LogP contribution < -0.4 is 11.1 Å². The van der Waals surface area contributed by atoms with E-state index >= 15 is 0 Å². The van der Waals surface area contributed by atoms with Crippen molar-refractivity contribution in [3.05, 3.63) is 58.7 Å². The molecule has 0 unspecified atom stereocenters. The van der Waals surface area contributed by atoms with Gasteiger partial charge in [0.1, 0.15) is 11.6 Å². The summed E-state index contributed by atoms with van der Waals surface area (Å²) < 4.78 is 0. The van der Waals surface area contributed by atoms with Crippen LogP contribution >= 0.6 is 12.4 Å². The molecule has 1 aliphatic heterocycles. The number of nitrogens with two attached hydrogens (primary N) is 1. The molecular weight excluding hydrogens is 392 g/mol. The highest BCUT2D eigenvalue weighted by atomic mass is 35.5. The van der Waals surface area contributed by atoms with Crippen molar-refractivity contribution in [3.8, 4) is 5.75 Å². The van der Waals surface area contributed by atoms with E-state index in [4.69, 9.17) is 11.1 Å². The van der Waals surface area contributed by atoms with Crippen LogP contribution in [0.25, 0.3) is 0 Å². The first kappa shape index (κ1) is 22.2. The van der Waals surface area contributed by atoms with Crippen molar-refractivity contribution in [2.24, 2.45) is 5.73 Å². The van der Waals surface area contributed by atoms with Crippen LogP contribution in [-0.4, -0.2) is 40.7 Å². The van der Waals surface area contributed by atoms with E-state index in [0.29, 0.717) is 22.4 Å². The van der Waals surface area contributed by atoms with Gasteiger partial charge in [0, 0.05) is 35.5 Å². The summed E-state index contributed by atoms with van der Waals surface area (Å²) in [6.07, 6.45) is 2.02. The number of amidine groups is 1. The second kappa shape index (κ2) is 9.43. The number of anilines is 1. The maximum absolute atomic E-state index is 12.6. The molecule has 154 valence electrons. The van der Waals surface area contributed by atoms with Gasteiger partial charge < -0.3 is 21.1 Å². The minimum Gasteiger partial charge on any atom is -0.508 e. The van der Waals surface area contributed by atoms with E-state index in [0.717, 1.165) is 31.5 Å². The van der Waals surface area contributed by atoms with E-state index in [1.165, 1.54) is 18.2 Å². The van der Waals surface area contributed by atoms with Crippen LogP contribution in [0.2, 0.25) is 0 Å². The molecule has 1 heterocycles.